The lowest BCUT2D eigenvalue weighted by Gasteiger charge is -2.31. The fourth-order valence-corrected chi connectivity index (χ4v) is 5.14. The summed E-state index contributed by atoms with van der Waals surface area (Å²) in [6.45, 7) is 5.22. The number of carbonyl (C=O) groups is 1. The summed E-state index contributed by atoms with van der Waals surface area (Å²) in [5.41, 5.74) is 1.02. The normalized spacial score (nSPS) is 21.2. The van der Waals surface area contributed by atoms with Gasteiger partial charge in [0.25, 0.3) is 10.2 Å². The lowest BCUT2D eigenvalue weighted by atomic mass is 10.2. The molecular weight excluding hydrogens is 342 g/mol. The molecule has 8 nitrogen and oxygen atoms in total. The Morgan fingerprint density at radius 3 is 2.36 bits per heavy atom. The first-order valence-electron chi connectivity index (χ1n) is 8.99. The molecule has 2 aliphatic rings. The van der Waals surface area contributed by atoms with Crippen LogP contribution in [0.3, 0.4) is 0 Å². The van der Waals surface area contributed by atoms with Crippen LogP contribution in [0.4, 0.5) is 0 Å². The molecule has 3 rings (SSSR count). The summed E-state index contributed by atoms with van der Waals surface area (Å²) in [5, 5.41) is 4.15. The lowest BCUT2D eigenvalue weighted by Crippen LogP contribution is -2.47. The molecule has 9 heteroatoms. The molecule has 0 N–H and O–H groups in total. The molecule has 0 radical (unpaired) electrons. The van der Waals surface area contributed by atoms with Gasteiger partial charge in [0.15, 0.2) is 0 Å². The topological polar surface area (TPSA) is 78.8 Å². The van der Waals surface area contributed by atoms with Crippen molar-refractivity contribution in [2.24, 2.45) is 0 Å². The van der Waals surface area contributed by atoms with Crippen LogP contribution in [0.1, 0.15) is 31.2 Å². The molecule has 2 fully saturated rings. The van der Waals surface area contributed by atoms with Crippen molar-refractivity contribution in [1.29, 1.82) is 0 Å². The van der Waals surface area contributed by atoms with Crippen LogP contribution in [0.15, 0.2) is 12.4 Å². The highest BCUT2D eigenvalue weighted by Crippen LogP contribution is 2.18. The summed E-state index contributed by atoms with van der Waals surface area (Å²) in [5.74, 6) is -0.0136. The molecule has 2 saturated heterocycles. The van der Waals surface area contributed by atoms with E-state index in [1.54, 1.807) is 24.4 Å². The van der Waals surface area contributed by atoms with Crippen LogP contribution in [0.25, 0.3) is 0 Å². The third-order valence-electron chi connectivity index (χ3n) is 4.83. The van der Waals surface area contributed by atoms with Gasteiger partial charge in [-0.2, -0.15) is 22.1 Å². The molecular formula is C16H27N5O3S. The minimum absolute atomic E-state index is 0.0136. The Morgan fingerprint density at radius 2 is 1.68 bits per heavy atom. The molecule has 0 unspecified atom stereocenters. The second-order valence-corrected chi connectivity index (χ2v) is 8.74. The molecule has 25 heavy (non-hydrogen) atoms. The van der Waals surface area contributed by atoms with Crippen LogP contribution in [0.5, 0.6) is 0 Å². The van der Waals surface area contributed by atoms with Crippen molar-refractivity contribution in [3.05, 3.63) is 18.0 Å². The number of hydrogen-bond acceptors (Lipinski definition) is 4. The van der Waals surface area contributed by atoms with Crippen molar-refractivity contribution in [3.8, 4) is 0 Å². The second-order valence-electron chi connectivity index (χ2n) is 6.82. The van der Waals surface area contributed by atoms with Gasteiger partial charge in [0, 0.05) is 45.5 Å². The molecule has 2 aliphatic heterocycles. The largest absolute Gasteiger partial charge is 0.340 e. The zero-order valence-electron chi connectivity index (χ0n) is 14.8. The summed E-state index contributed by atoms with van der Waals surface area (Å²) < 4.78 is 30.4. The highest BCUT2D eigenvalue weighted by atomic mass is 32.2. The predicted octanol–water partition coefficient (Wildman–Crippen LogP) is 0.457. The van der Waals surface area contributed by atoms with Crippen molar-refractivity contribution >= 4 is 16.1 Å². The van der Waals surface area contributed by atoms with E-state index in [0.29, 0.717) is 45.7 Å². The molecule has 140 valence electrons. The Hall–Kier alpha value is -1.45. The van der Waals surface area contributed by atoms with E-state index in [1.807, 2.05) is 13.1 Å². The summed E-state index contributed by atoms with van der Waals surface area (Å²) in [6, 6.07) is 0. The van der Waals surface area contributed by atoms with Crippen LogP contribution in [0.2, 0.25) is 0 Å². The van der Waals surface area contributed by atoms with E-state index < -0.39 is 10.2 Å². The van der Waals surface area contributed by atoms with Gasteiger partial charge in [0.1, 0.15) is 6.54 Å². The van der Waals surface area contributed by atoms with Crippen molar-refractivity contribution in [3.63, 3.8) is 0 Å². The number of amides is 1. The van der Waals surface area contributed by atoms with Gasteiger partial charge < -0.3 is 4.90 Å². The highest BCUT2D eigenvalue weighted by molar-refractivity contribution is 7.86. The molecule has 0 bridgehead atoms. The molecule has 0 spiro atoms. The minimum atomic E-state index is -3.40. The number of carbonyl (C=O) groups excluding carboxylic acids is 1. The Balaban J connectivity index is 1.59. The SMILES string of the molecule is Cc1cnn(CC(=O)N2CCCN(S(=O)(=O)N3CCCCC3)CC2)c1. The van der Waals surface area contributed by atoms with E-state index in [2.05, 4.69) is 5.10 Å². The molecule has 3 heterocycles. The van der Waals surface area contributed by atoms with Gasteiger partial charge >= 0.3 is 0 Å². The van der Waals surface area contributed by atoms with Crippen molar-refractivity contribution in [2.75, 3.05) is 39.3 Å². The number of aromatic nitrogens is 2. The van der Waals surface area contributed by atoms with E-state index in [-0.39, 0.29) is 12.5 Å². The van der Waals surface area contributed by atoms with Crippen molar-refractivity contribution in [1.82, 2.24) is 23.3 Å². The lowest BCUT2D eigenvalue weighted by molar-refractivity contribution is -0.131. The van der Waals surface area contributed by atoms with E-state index in [0.717, 1.165) is 24.8 Å². The third-order valence-corrected chi connectivity index (χ3v) is 6.87. The molecule has 0 aliphatic carbocycles. The first kappa shape index (κ1) is 18.3. The molecule has 1 aromatic rings. The third kappa shape index (κ3) is 4.39. The smallest absolute Gasteiger partial charge is 0.282 e. The summed E-state index contributed by atoms with van der Waals surface area (Å²) >= 11 is 0. The maximum atomic E-state index is 12.8. The first-order chi connectivity index (χ1) is 12.0. The number of piperidine rings is 1. The van der Waals surface area contributed by atoms with Gasteiger partial charge in [-0.3, -0.25) is 9.48 Å². The Labute approximate surface area is 149 Å². The quantitative estimate of drug-likeness (QED) is 0.772. The highest BCUT2D eigenvalue weighted by Gasteiger charge is 2.32. The fraction of sp³-hybridized carbons (Fsp3) is 0.750. The maximum absolute atomic E-state index is 12.8. The van der Waals surface area contributed by atoms with Gasteiger partial charge in [0.2, 0.25) is 5.91 Å². The van der Waals surface area contributed by atoms with Gasteiger partial charge in [-0.15, -0.1) is 0 Å². The zero-order chi connectivity index (χ0) is 17.9. The Morgan fingerprint density at radius 1 is 1.00 bits per heavy atom. The van der Waals surface area contributed by atoms with E-state index in [4.69, 9.17) is 0 Å². The maximum Gasteiger partial charge on any atom is 0.282 e. The van der Waals surface area contributed by atoms with E-state index in [1.165, 1.54) is 0 Å². The van der Waals surface area contributed by atoms with Crippen molar-refractivity contribution < 1.29 is 13.2 Å². The van der Waals surface area contributed by atoms with E-state index >= 15 is 0 Å². The number of hydrogen-bond donors (Lipinski definition) is 0. The molecule has 1 aromatic heterocycles. The average Bonchev–Trinajstić information content (AvgIpc) is 2.86. The predicted molar refractivity (Wildman–Crippen MR) is 94.1 cm³/mol. The molecule has 0 atom stereocenters. The standard InChI is InChI=1S/C16H27N5O3S/c1-15-12-17-19(13-15)14-16(22)18-6-5-9-21(11-10-18)25(23,24)20-7-3-2-4-8-20/h12-13H,2-11,14H2,1H3. The monoisotopic (exact) mass is 369 g/mol. The molecule has 0 saturated carbocycles. The van der Waals surface area contributed by atoms with Gasteiger partial charge in [-0.25, -0.2) is 0 Å². The molecule has 0 aromatic carbocycles. The fourth-order valence-electron chi connectivity index (χ4n) is 3.42. The summed E-state index contributed by atoms with van der Waals surface area (Å²) in [4.78, 5) is 14.2. The van der Waals surface area contributed by atoms with Crippen LogP contribution in [0, 0.1) is 6.92 Å². The second kappa shape index (κ2) is 7.84. The van der Waals surface area contributed by atoms with Gasteiger partial charge in [0.05, 0.1) is 6.20 Å². The van der Waals surface area contributed by atoms with Crippen molar-refractivity contribution in [2.45, 2.75) is 39.2 Å². The summed E-state index contributed by atoms with van der Waals surface area (Å²) in [7, 11) is -3.40. The van der Waals surface area contributed by atoms with Crippen LogP contribution in [-0.2, 0) is 21.5 Å². The van der Waals surface area contributed by atoms with Crippen LogP contribution >= 0.6 is 0 Å². The van der Waals surface area contributed by atoms with E-state index in [9.17, 15) is 13.2 Å². The first-order valence-corrected chi connectivity index (χ1v) is 10.4. The number of rotatable bonds is 4. The Kier molecular flexibility index (Phi) is 5.75. The van der Waals surface area contributed by atoms with Gasteiger partial charge in [-0.05, 0) is 31.7 Å². The average molecular weight is 369 g/mol. The van der Waals surface area contributed by atoms with Gasteiger partial charge in [-0.1, -0.05) is 6.42 Å². The molecule has 1 amide bonds. The minimum Gasteiger partial charge on any atom is -0.340 e. The van der Waals surface area contributed by atoms with Crippen LogP contribution < -0.4 is 0 Å². The summed E-state index contributed by atoms with van der Waals surface area (Å²) in [6.07, 6.45) is 7.19. The number of aryl methyl sites for hydroxylation is 1. The zero-order valence-corrected chi connectivity index (χ0v) is 15.6. The number of nitrogens with zero attached hydrogens (tertiary/aromatic N) is 5. The van der Waals surface area contributed by atoms with Crippen LogP contribution in [-0.4, -0.2) is 76.9 Å². The Bertz CT molecular complexity index is 696.